The fraction of sp³-hybridized carbons (Fsp3) is 1.00. The first kappa shape index (κ1) is 83.3. The van der Waals surface area contributed by atoms with E-state index in [2.05, 4.69) is 221 Å². The summed E-state index contributed by atoms with van der Waals surface area (Å²) in [5, 5.41) is 28.8. The largest absolute Gasteiger partial charge is 0.391 e. The van der Waals surface area contributed by atoms with Gasteiger partial charge in [0.2, 0.25) is 0 Å². The van der Waals surface area contributed by atoms with Gasteiger partial charge in [-0.3, -0.25) is 34.3 Å². The second-order valence-corrected chi connectivity index (χ2v) is 35.8. The molecule has 0 spiro atoms. The molecule has 16 atom stereocenters. The zero-order valence-corrected chi connectivity index (χ0v) is 61.7. The minimum atomic E-state index is -0.335. The van der Waals surface area contributed by atoms with Crippen molar-refractivity contribution in [2.45, 2.75) is 318 Å². The van der Waals surface area contributed by atoms with Gasteiger partial charge in [-0.15, -0.1) is 0 Å². The van der Waals surface area contributed by atoms with E-state index in [1.807, 2.05) is 0 Å². The average molecular weight is 1230 g/mol. The first-order valence-corrected chi connectivity index (χ1v) is 34.2. The van der Waals surface area contributed by atoms with E-state index >= 15 is 0 Å². The smallest absolute Gasteiger partial charge is 0.0741 e. The van der Waals surface area contributed by atoms with Crippen molar-refractivity contribution in [1.82, 2.24) is 34.3 Å². The van der Waals surface area contributed by atoms with Gasteiger partial charge in [0.1, 0.15) is 0 Å². The zero-order valence-electron chi connectivity index (χ0n) is 61.7. The Morgan fingerprint density at radius 1 is 0.267 bits per heavy atom. The van der Waals surface area contributed by atoms with Crippen LogP contribution in [0.4, 0.5) is 0 Å². The molecule has 0 bridgehead atoms. The van der Waals surface area contributed by atoms with Crippen LogP contribution >= 0.6 is 0 Å². The van der Waals surface area contributed by atoms with Crippen LogP contribution in [0.2, 0.25) is 0 Å². The molecule has 0 aromatic carbocycles. The van der Waals surface area contributed by atoms with Gasteiger partial charge in [0.25, 0.3) is 0 Å². The maximum atomic E-state index is 9.68. The van der Waals surface area contributed by atoms with Crippen molar-refractivity contribution >= 4 is 0 Å². The number of hydrogen-bond donors (Lipinski definition) is 10. The van der Waals surface area contributed by atoms with E-state index in [1.54, 1.807) is 0 Å². The summed E-state index contributed by atoms with van der Waals surface area (Å²) < 4.78 is 0. The van der Waals surface area contributed by atoms with Crippen molar-refractivity contribution in [2.75, 3.05) is 91.6 Å². The third-order valence-corrected chi connectivity index (χ3v) is 19.0. The van der Waals surface area contributed by atoms with E-state index < -0.39 is 0 Å². The molecule has 86 heavy (non-hydrogen) atoms. The van der Waals surface area contributed by atoms with Gasteiger partial charge in [0.15, 0.2) is 0 Å². The van der Waals surface area contributed by atoms with Crippen molar-refractivity contribution in [2.24, 2.45) is 75.6 Å². The standard InChI is InChI=1S/2C10H22N2O.4C10H22N2.C9H20N2O/c2*1-7-5-12(10(2,3)4)6-8(11)9(7)13;4*1-8-5-9(11)7-12(6-8)10(2,3)4;1-9(2,3)11-5-4-8(12)7(10)6-11/h2*7-9,13H,5-6,11H2,1-4H3;4*8-9H,5-7,11H2,1-4H3;7-8,12H,4-6,10H2,1-3H3/t2*7-,8+,9+;4*8-,9+;7-,8-/m1011000/s1. The average Bonchev–Trinajstić information content (AvgIpc) is 3.31. The van der Waals surface area contributed by atoms with Crippen LogP contribution in [0.5, 0.6) is 0 Å². The van der Waals surface area contributed by atoms with Gasteiger partial charge in [-0.1, -0.05) is 41.5 Å². The Balaban J connectivity index is 0.000000502. The molecule has 7 aliphatic rings. The third kappa shape index (κ3) is 31.3. The molecule has 17 N–H and O–H groups in total. The molecule has 0 unspecified atom stereocenters. The number of hydrogen-bond acceptors (Lipinski definition) is 17. The van der Waals surface area contributed by atoms with Crippen LogP contribution in [0.25, 0.3) is 0 Å². The van der Waals surface area contributed by atoms with Crippen molar-refractivity contribution in [3.8, 4) is 0 Å². The van der Waals surface area contributed by atoms with Gasteiger partial charge in [0, 0.05) is 173 Å². The lowest BCUT2D eigenvalue weighted by atomic mass is 9.89. The second kappa shape index (κ2) is 35.0. The Bertz CT molecular complexity index is 1580. The third-order valence-electron chi connectivity index (χ3n) is 19.0. The summed E-state index contributed by atoms with van der Waals surface area (Å²) >= 11 is 0. The van der Waals surface area contributed by atoms with E-state index in [0.29, 0.717) is 24.2 Å². The lowest BCUT2D eigenvalue weighted by Gasteiger charge is -2.45. The highest BCUT2D eigenvalue weighted by Gasteiger charge is 2.38. The molecule has 0 aromatic heterocycles. The lowest BCUT2D eigenvalue weighted by molar-refractivity contribution is -0.0162. The van der Waals surface area contributed by atoms with Crippen LogP contribution in [0.15, 0.2) is 0 Å². The molecule has 0 aromatic rings. The van der Waals surface area contributed by atoms with Gasteiger partial charge in [0.05, 0.1) is 18.3 Å². The van der Waals surface area contributed by atoms with Crippen molar-refractivity contribution in [3.05, 3.63) is 0 Å². The van der Waals surface area contributed by atoms with Crippen molar-refractivity contribution in [3.63, 3.8) is 0 Å². The molecule has 17 nitrogen and oxygen atoms in total. The van der Waals surface area contributed by atoms with Crippen LogP contribution in [-0.2, 0) is 0 Å². The van der Waals surface area contributed by atoms with Crippen LogP contribution in [0, 0.1) is 35.5 Å². The molecule has 0 radical (unpaired) electrons. The molecule has 0 saturated carbocycles. The van der Waals surface area contributed by atoms with Crippen molar-refractivity contribution < 1.29 is 15.3 Å². The van der Waals surface area contributed by atoms with E-state index in [0.717, 1.165) is 95.5 Å². The molecule has 7 heterocycles. The van der Waals surface area contributed by atoms with E-state index in [-0.39, 0.29) is 87.0 Å². The molecule has 0 amide bonds. The first-order valence-electron chi connectivity index (χ1n) is 34.2. The molecular formula is C69H152N14O3. The predicted molar refractivity (Wildman–Crippen MR) is 371 cm³/mol. The Morgan fingerprint density at radius 2 is 0.465 bits per heavy atom. The number of piperidine rings is 7. The summed E-state index contributed by atoms with van der Waals surface area (Å²) in [5.41, 5.74) is 43.0. The van der Waals surface area contributed by atoms with Crippen molar-refractivity contribution in [1.29, 1.82) is 0 Å². The number of aliphatic hydroxyl groups is 3. The fourth-order valence-corrected chi connectivity index (χ4v) is 13.1. The summed E-state index contributed by atoms with van der Waals surface area (Å²) in [4.78, 5) is 17.0. The van der Waals surface area contributed by atoms with E-state index in [9.17, 15) is 15.3 Å². The quantitative estimate of drug-likeness (QED) is 0.119. The number of likely N-dealkylation sites (tertiary alicyclic amines) is 7. The maximum absolute atomic E-state index is 9.68. The predicted octanol–water partition coefficient (Wildman–Crippen LogP) is 6.84. The van der Waals surface area contributed by atoms with Crippen LogP contribution in [-0.4, -0.2) is 241 Å². The molecule has 7 saturated heterocycles. The van der Waals surface area contributed by atoms with Gasteiger partial charge in [-0.05, 0) is 213 Å². The Hall–Kier alpha value is -0.680. The Morgan fingerprint density at radius 3 is 0.640 bits per heavy atom. The lowest BCUT2D eigenvalue weighted by Crippen LogP contribution is -2.60. The summed E-state index contributed by atoms with van der Waals surface area (Å²) in [7, 11) is 0. The number of nitrogens with two attached hydrogens (primary N) is 7. The molecule has 7 rings (SSSR count). The topological polar surface area (TPSA) is 266 Å². The number of aliphatic hydroxyl groups excluding tert-OH is 3. The van der Waals surface area contributed by atoms with Gasteiger partial charge in [-0.25, -0.2) is 0 Å². The monoisotopic (exact) mass is 1230 g/mol. The highest BCUT2D eigenvalue weighted by Crippen LogP contribution is 2.28. The minimum Gasteiger partial charge on any atom is -0.391 e. The maximum Gasteiger partial charge on any atom is 0.0741 e. The molecule has 17 heteroatoms. The zero-order chi connectivity index (χ0) is 67.2. The number of nitrogens with zero attached hydrogens (tertiary/aromatic N) is 7. The first-order chi connectivity index (χ1) is 38.6. The SMILES string of the molecule is CC(C)(C)N1CC[C@H](O)[C@@H](N)C1.C[C@@H]1CN(C(C)(C)C)C[C@H](N)[C@H]1O.C[C@@H]1C[C@H](N)CN(C(C)(C)C)C1.C[C@@H]1C[C@H](N)CN(C(C)(C)C)C1.C[C@H]1CN(C(C)(C)C)C[C@@H](N)[C@@H]1O.C[C@H]1C[C@@H](N)CN(C(C)(C)C)C1.C[C@H]1C[C@@H](N)CN(C(C)(C)C)C1. The van der Waals surface area contributed by atoms with Gasteiger partial charge >= 0.3 is 0 Å². The van der Waals surface area contributed by atoms with Crippen LogP contribution < -0.4 is 40.1 Å². The van der Waals surface area contributed by atoms with Crippen LogP contribution in [0.1, 0.15) is 219 Å². The molecule has 0 aliphatic carbocycles. The molecule has 516 valence electrons. The van der Waals surface area contributed by atoms with E-state index in [4.69, 9.17) is 40.1 Å². The summed E-state index contributed by atoms with van der Waals surface area (Å²) in [6.07, 6.45) is 4.58. The highest BCUT2D eigenvalue weighted by molar-refractivity contribution is 4.95. The highest BCUT2D eigenvalue weighted by atomic mass is 16.3. The normalized spacial score (nSPS) is 35.0. The Kier molecular flexibility index (Phi) is 33.9. The van der Waals surface area contributed by atoms with Gasteiger partial charge in [-0.2, -0.15) is 0 Å². The second-order valence-electron chi connectivity index (χ2n) is 35.8. The summed E-state index contributed by atoms with van der Waals surface area (Å²) in [5.74, 6) is 3.59. The number of rotatable bonds is 0. The molecular weight excluding hydrogens is 1070 g/mol. The fourth-order valence-electron chi connectivity index (χ4n) is 13.1. The minimum absolute atomic E-state index is 0.0713. The van der Waals surface area contributed by atoms with Crippen LogP contribution in [0.3, 0.4) is 0 Å². The molecule has 7 aliphatic heterocycles. The van der Waals surface area contributed by atoms with Gasteiger partial charge < -0.3 is 55.5 Å². The van der Waals surface area contributed by atoms with E-state index in [1.165, 1.54) is 51.9 Å². The summed E-state index contributed by atoms with van der Waals surface area (Å²) in [6, 6.07) is 1.27. The summed E-state index contributed by atoms with van der Waals surface area (Å²) in [6.45, 7) is 74.4. The molecule has 7 fully saturated rings. The Labute approximate surface area is 533 Å².